The smallest absolute Gasteiger partial charge is 0.114 e. The van der Waals surface area contributed by atoms with Crippen molar-refractivity contribution in [3.8, 4) is 12.3 Å². The molecule has 0 heterocycles. The van der Waals surface area contributed by atoms with Crippen LogP contribution in [0.5, 0.6) is 0 Å². The van der Waals surface area contributed by atoms with Gasteiger partial charge in [0.15, 0.2) is 0 Å². The molecule has 2 N–H and O–H groups in total. The Morgan fingerprint density at radius 3 is 2.44 bits per heavy atom. The maximum atomic E-state index is 9.19. The first kappa shape index (κ1) is 15.0. The van der Waals surface area contributed by atoms with Gasteiger partial charge in [0.1, 0.15) is 6.10 Å². The zero-order valence-electron chi connectivity index (χ0n) is 10.2. The summed E-state index contributed by atoms with van der Waals surface area (Å²) < 4.78 is 0. The van der Waals surface area contributed by atoms with E-state index in [4.69, 9.17) is 11.5 Å². The van der Waals surface area contributed by atoms with Crippen LogP contribution >= 0.6 is 0 Å². The van der Waals surface area contributed by atoms with Gasteiger partial charge in [-0.1, -0.05) is 29.2 Å². The summed E-state index contributed by atoms with van der Waals surface area (Å²) in [4.78, 5) is 0. The molecule has 1 atom stereocenters. The SMILES string of the molecule is C#CC(O)CCC(C)=CCCC(C)=CCO. The van der Waals surface area contributed by atoms with E-state index in [9.17, 15) is 5.11 Å². The zero-order valence-corrected chi connectivity index (χ0v) is 10.2. The van der Waals surface area contributed by atoms with Gasteiger partial charge < -0.3 is 10.2 Å². The Morgan fingerprint density at radius 2 is 1.88 bits per heavy atom. The van der Waals surface area contributed by atoms with Crippen LogP contribution in [0.2, 0.25) is 0 Å². The molecule has 0 radical (unpaired) electrons. The Morgan fingerprint density at radius 1 is 1.25 bits per heavy atom. The molecule has 0 spiro atoms. The molecule has 0 fully saturated rings. The van der Waals surface area contributed by atoms with Gasteiger partial charge in [0.2, 0.25) is 0 Å². The van der Waals surface area contributed by atoms with Gasteiger partial charge in [-0.3, -0.25) is 0 Å². The van der Waals surface area contributed by atoms with Gasteiger partial charge in [0, 0.05) is 0 Å². The molecule has 0 saturated carbocycles. The number of rotatable bonds is 7. The summed E-state index contributed by atoms with van der Waals surface area (Å²) in [7, 11) is 0. The Balaban J connectivity index is 3.80. The van der Waals surface area contributed by atoms with Gasteiger partial charge in [-0.25, -0.2) is 0 Å². The van der Waals surface area contributed by atoms with Crippen LogP contribution < -0.4 is 0 Å². The van der Waals surface area contributed by atoms with Gasteiger partial charge in [-0.15, -0.1) is 6.42 Å². The molecule has 2 nitrogen and oxygen atoms in total. The number of hydrogen-bond donors (Lipinski definition) is 2. The van der Waals surface area contributed by atoms with Crippen LogP contribution in [0.1, 0.15) is 39.5 Å². The van der Waals surface area contributed by atoms with Crippen LogP contribution in [0.15, 0.2) is 23.3 Å². The second-order valence-corrected chi connectivity index (χ2v) is 4.04. The minimum Gasteiger partial charge on any atom is -0.392 e. The summed E-state index contributed by atoms with van der Waals surface area (Å²) in [5.41, 5.74) is 2.46. The molecule has 2 heteroatoms. The Labute approximate surface area is 98.7 Å². The van der Waals surface area contributed by atoms with Crippen molar-refractivity contribution in [3.05, 3.63) is 23.3 Å². The summed E-state index contributed by atoms with van der Waals surface area (Å²) >= 11 is 0. The second kappa shape index (κ2) is 9.21. The lowest BCUT2D eigenvalue weighted by Gasteiger charge is -2.04. The number of allylic oxidation sites excluding steroid dienone is 3. The van der Waals surface area contributed by atoms with Gasteiger partial charge in [-0.05, 0) is 39.5 Å². The molecular formula is C14H22O2. The molecule has 0 aliphatic rings. The molecule has 0 amide bonds. The van der Waals surface area contributed by atoms with E-state index in [0.29, 0.717) is 6.42 Å². The molecule has 0 aliphatic heterocycles. The third-order valence-electron chi connectivity index (χ3n) is 2.48. The van der Waals surface area contributed by atoms with E-state index in [1.165, 1.54) is 11.1 Å². The number of aliphatic hydroxyl groups is 2. The normalized spacial score (nSPS) is 14.7. The standard InChI is InChI=1S/C14H22O2/c1-4-14(16)9-8-12(2)6-5-7-13(3)10-11-15/h1,6,10,14-16H,5,7-9,11H2,2-3H3. The lowest BCUT2D eigenvalue weighted by molar-refractivity contribution is 0.222. The maximum absolute atomic E-state index is 9.19. The van der Waals surface area contributed by atoms with Crippen molar-refractivity contribution in [2.24, 2.45) is 0 Å². The highest BCUT2D eigenvalue weighted by molar-refractivity contribution is 5.05. The average molecular weight is 222 g/mol. The monoisotopic (exact) mass is 222 g/mol. The fraction of sp³-hybridized carbons (Fsp3) is 0.571. The first-order valence-corrected chi connectivity index (χ1v) is 5.66. The molecule has 16 heavy (non-hydrogen) atoms. The highest BCUT2D eigenvalue weighted by Gasteiger charge is 1.98. The summed E-state index contributed by atoms with van der Waals surface area (Å²) in [5, 5.41) is 17.9. The molecule has 0 saturated heterocycles. The Hall–Kier alpha value is -1.04. The Kier molecular flexibility index (Phi) is 8.61. The van der Waals surface area contributed by atoms with E-state index in [-0.39, 0.29) is 6.61 Å². The van der Waals surface area contributed by atoms with Crippen LogP contribution in [-0.2, 0) is 0 Å². The van der Waals surface area contributed by atoms with E-state index in [1.54, 1.807) is 0 Å². The van der Waals surface area contributed by atoms with E-state index >= 15 is 0 Å². The lowest BCUT2D eigenvalue weighted by Crippen LogP contribution is -2.01. The summed E-state index contributed by atoms with van der Waals surface area (Å²) in [5.74, 6) is 2.30. The van der Waals surface area contributed by atoms with Crippen molar-refractivity contribution in [1.29, 1.82) is 0 Å². The zero-order chi connectivity index (χ0) is 12.4. The van der Waals surface area contributed by atoms with Crippen molar-refractivity contribution in [2.45, 2.75) is 45.6 Å². The van der Waals surface area contributed by atoms with E-state index in [0.717, 1.165) is 19.3 Å². The van der Waals surface area contributed by atoms with Crippen molar-refractivity contribution in [2.75, 3.05) is 6.61 Å². The molecule has 0 rings (SSSR count). The molecular weight excluding hydrogens is 200 g/mol. The van der Waals surface area contributed by atoms with Crippen LogP contribution in [0.4, 0.5) is 0 Å². The summed E-state index contributed by atoms with van der Waals surface area (Å²) in [6, 6.07) is 0. The van der Waals surface area contributed by atoms with Crippen LogP contribution in [0.25, 0.3) is 0 Å². The first-order valence-electron chi connectivity index (χ1n) is 5.66. The highest BCUT2D eigenvalue weighted by atomic mass is 16.3. The number of hydrogen-bond acceptors (Lipinski definition) is 2. The van der Waals surface area contributed by atoms with Crippen LogP contribution in [-0.4, -0.2) is 22.9 Å². The predicted molar refractivity (Wildman–Crippen MR) is 67.9 cm³/mol. The van der Waals surface area contributed by atoms with Gasteiger partial charge in [0.25, 0.3) is 0 Å². The minimum atomic E-state index is -0.626. The van der Waals surface area contributed by atoms with Gasteiger partial charge in [0.05, 0.1) is 6.61 Å². The van der Waals surface area contributed by atoms with Gasteiger partial charge >= 0.3 is 0 Å². The first-order chi connectivity index (χ1) is 7.60. The maximum Gasteiger partial charge on any atom is 0.114 e. The average Bonchev–Trinajstić information content (AvgIpc) is 2.26. The molecule has 0 aromatic heterocycles. The number of aliphatic hydroxyl groups excluding tert-OH is 2. The van der Waals surface area contributed by atoms with Crippen molar-refractivity contribution in [1.82, 2.24) is 0 Å². The quantitative estimate of drug-likeness (QED) is 0.513. The molecule has 0 bridgehead atoms. The van der Waals surface area contributed by atoms with E-state index in [2.05, 4.69) is 12.0 Å². The fourth-order valence-corrected chi connectivity index (χ4v) is 1.35. The van der Waals surface area contributed by atoms with E-state index in [1.807, 2.05) is 19.9 Å². The minimum absolute atomic E-state index is 0.114. The molecule has 0 aliphatic carbocycles. The van der Waals surface area contributed by atoms with Crippen molar-refractivity contribution in [3.63, 3.8) is 0 Å². The van der Waals surface area contributed by atoms with Gasteiger partial charge in [-0.2, -0.15) is 0 Å². The summed E-state index contributed by atoms with van der Waals surface area (Å²) in [6.45, 7) is 4.18. The van der Waals surface area contributed by atoms with Crippen LogP contribution in [0, 0.1) is 12.3 Å². The topological polar surface area (TPSA) is 40.5 Å². The molecule has 0 aromatic rings. The molecule has 90 valence electrons. The third-order valence-corrected chi connectivity index (χ3v) is 2.48. The third kappa shape index (κ3) is 8.28. The predicted octanol–water partition coefficient (Wildman–Crippen LogP) is 2.43. The van der Waals surface area contributed by atoms with Crippen LogP contribution in [0.3, 0.4) is 0 Å². The lowest BCUT2D eigenvalue weighted by atomic mass is 10.1. The van der Waals surface area contributed by atoms with Crippen molar-refractivity contribution >= 4 is 0 Å². The Bertz CT molecular complexity index is 282. The van der Waals surface area contributed by atoms with E-state index < -0.39 is 6.10 Å². The second-order valence-electron chi connectivity index (χ2n) is 4.04. The van der Waals surface area contributed by atoms with Crippen molar-refractivity contribution < 1.29 is 10.2 Å². The summed E-state index contributed by atoms with van der Waals surface area (Å²) in [6.07, 6.45) is 11.9. The molecule has 1 unspecified atom stereocenters. The largest absolute Gasteiger partial charge is 0.392 e. The number of terminal acetylenes is 1. The molecule has 0 aromatic carbocycles. The highest BCUT2D eigenvalue weighted by Crippen LogP contribution is 2.11. The fourth-order valence-electron chi connectivity index (χ4n) is 1.35.